The number of anilines is 3. The van der Waals surface area contributed by atoms with Gasteiger partial charge in [0.1, 0.15) is 5.82 Å². The zero-order valence-corrected chi connectivity index (χ0v) is 18.9. The molecule has 6 nitrogen and oxygen atoms in total. The van der Waals surface area contributed by atoms with E-state index >= 15 is 0 Å². The van der Waals surface area contributed by atoms with Crippen LogP contribution in [0.2, 0.25) is 0 Å². The molecule has 1 aliphatic heterocycles. The zero-order chi connectivity index (χ0) is 22.0. The maximum atomic E-state index is 12.9. The first-order chi connectivity index (χ1) is 15.6. The number of rotatable bonds is 5. The summed E-state index contributed by atoms with van der Waals surface area (Å²) in [4.78, 5) is 9.46. The Hall–Kier alpha value is -3.06. The third kappa shape index (κ3) is 4.43. The molecule has 0 spiro atoms. The van der Waals surface area contributed by atoms with Gasteiger partial charge < -0.3 is 9.80 Å². The molecule has 3 aromatic rings. The third-order valence-electron chi connectivity index (χ3n) is 6.36. The van der Waals surface area contributed by atoms with Gasteiger partial charge in [-0.15, -0.1) is 0 Å². The van der Waals surface area contributed by atoms with Crippen molar-refractivity contribution in [2.24, 2.45) is 0 Å². The van der Waals surface area contributed by atoms with Gasteiger partial charge in [0.2, 0.25) is 0 Å². The highest BCUT2D eigenvalue weighted by atomic mass is 32.2. The van der Waals surface area contributed by atoms with E-state index < -0.39 is 10.0 Å². The number of hydrogen-bond donors (Lipinski definition) is 1. The Kier molecular flexibility index (Phi) is 5.74. The Balaban J connectivity index is 1.23. The Morgan fingerprint density at radius 2 is 1.50 bits per heavy atom. The number of benzene rings is 2. The number of para-hydroxylation sites is 1. The van der Waals surface area contributed by atoms with Crippen LogP contribution in [0.1, 0.15) is 24.0 Å². The molecule has 0 unspecified atom stereocenters. The minimum Gasteiger partial charge on any atom is -0.368 e. The summed E-state index contributed by atoms with van der Waals surface area (Å²) in [6, 6.07) is 19.6. The van der Waals surface area contributed by atoms with E-state index in [0.717, 1.165) is 56.8 Å². The lowest BCUT2D eigenvalue weighted by atomic mass is 9.92. The standard InChI is InChI=1S/C25H28N4O2S/c30-32(31,24-12-10-20-6-4-5-7-21(20)18-24)27-22-11-13-25(26-19-22)29-16-14-28(15-17-29)23-8-2-1-3-9-23/h1-3,8-13,18-19,27H,4-7,14-17H2. The molecule has 0 radical (unpaired) electrons. The molecule has 32 heavy (non-hydrogen) atoms. The monoisotopic (exact) mass is 448 g/mol. The molecule has 1 N–H and O–H groups in total. The normalized spacial score (nSPS) is 16.5. The van der Waals surface area contributed by atoms with Crippen molar-refractivity contribution >= 4 is 27.2 Å². The molecule has 1 aromatic heterocycles. The molecule has 5 rings (SSSR count). The molecule has 7 heteroatoms. The van der Waals surface area contributed by atoms with Gasteiger partial charge in [-0.25, -0.2) is 13.4 Å². The molecule has 0 bridgehead atoms. The van der Waals surface area contributed by atoms with E-state index in [-0.39, 0.29) is 0 Å². The smallest absolute Gasteiger partial charge is 0.261 e. The molecule has 0 amide bonds. The number of fused-ring (bicyclic) bond motifs is 1. The average Bonchev–Trinajstić information content (AvgIpc) is 2.85. The van der Waals surface area contributed by atoms with Crippen LogP contribution in [0.25, 0.3) is 0 Å². The third-order valence-corrected chi connectivity index (χ3v) is 7.73. The Morgan fingerprint density at radius 1 is 0.781 bits per heavy atom. The van der Waals surface area contributed by atoms with Gasteiger partial charge in [-0.1, -0.05) is 24.3 Å². The average molecular weight is 449 g/mol. The molecule has 2 heterocycles. The molecule has 166 valence electrons. The summed E-state index contributed by atoms with van der Waals surface area (Å²) in [5, 5.41) is 0. The van der Waals surface area contributed by atoms with Gasteiger partial charge in [-0.05, 0) is 73.2 Å². The minimum atomic E-state index is -3.63. The van der Waals surface area contributed by atoms with Crippen LogP contribution >= 0.6 is 0 Å². The highest BCUT2D eigenvalue weighted by molar-refractivity contribution is 7.92. The molecule has 2 aliphatic rings. The lowest BCUT2D eigenvalue weighted by Gasteiger charge is -2.36. The second kappa shape index (κ2) is 8.82. The molecular formula is C25H28N4O2S. The van der Waals surface area contributed by atoms with Crippen molar-refractivity contribution in [3.63, 3.8) is 0 Å². The van der Waals surface area contributed by atoms with Crippen LogP contribution < -0.4 is 14.5 Å². The number of aromatic nitrogens is 1. The fraction of sp³-hybridized carbons (Fsp3) is 0.320. The maximum absolute atomic E-state index is 12.9. The summed E-state index contributed by atoms with van der Waals surface area (Å²) in [5.41, 5.74) is 4.15. The first kappa shape index (κ1) is 20.8. The summed E-state index contributed by atoms with van der Waals surface area (Å²) < 4.78 is 28.5. The number of pyridine rings is 1. The second-order valence-electron chi connectivity index (χ2n) is 8.46. The van der Waals surface area contributed by atoms with E-state index in [1.807, 2.05) is 24.3 Å². The maximum Gasteiger partial charge on any atom is 0.261 e. The Bertz CT molecular complexity index is 1170. The molecule has 0 saturated carbocycles. The number of aryl methyl sites for hydroxylation is 2. The Labute approximate surface area is 190 Å². The zero-order valence-electron chi connectivity index (χ0n) is 18.1. The van der Waals surface area contributed by atoms with Gasteiger partial charge in [0.25, 0.3) is 10.0 Å². The lowest BCUT2D eigenvalue weighted by molar-refractivity contribution is 0.600. The number of piperazine rings is 1. The predicted molar refractivity (Wildman–Crippen MR) is 129 cm³/mol. The van der Waals surface area contributed by atoms with E-state index in [0.29, 0.717) is 10.6 Å². The van der Waals surface area contributed by atoms with Crippen molar-refractivity contribution in [1.29, 1.82) is 0 Å². The van der Waals surface area contributed by atoms with Crippen molar-refractivity contribution in [1.82, 2.24) is 4.98 Å². The summed E-state index contributed by atoms with van der Waals surface area (Å²) in [7, 11) is -3.63. The number of nitrogens with one attached hydrogen (secondary N) is 1. The van der Waals surface area contributed by atoms with Crippen LogP contribution in [0.5, 0.6) is 0 Å². The number of nitrogens with zero attached hydrogens (tertiary/aromatic N) is 3. The molecule has 1 aliphatic carbocycles. The largest absolute Gasteiger partial charge is 0.368 e. The van der Waals surface area contributed by atoms with Crippen LogP contribution in [0.15, 0.2) is 71.8 Å². The van der Waals surface area contributed by atoms with Crippen LogP contribution in [0.4, 0.5) is 17.2 Å². The van der Waals surface area contributed by atoms with Gasteiger partial charge in [0.05, 0.1) is 16.8 Å². The highest BCUT2D eigenvalue weighted by Crippen LogP contribution is 2.26. The van der Waals surface area contributed by atoms with E-state index in [9.17, 15) is 8.42 Å². The predicted octanol–water partition coefficient (Wildman–Crippen LogP) is 4.09. The number of sulfonamides is 1. The van der Waals surface area contributed by atoms with Crippen molar-refractivity contribution in [2.45, 2.75) is 30.6 Å². The molecule has 1 saturated heterocycles. The first-order valence-electron chi connectivity index (χ1n) is 11.2. The van der Waals surface area contributed by atoms with Crippen molar-refractivity contribution in [2.75, 3.05) is 40.7 Å². The fourth-order valence-electron chi connectivity index (χ4n) is 4.56. The van der Waals surface area contributed by atoms with Crippen LogP contribution in [0, 0.1) is 0 Å². The van der Waals surface area contributed by atoms with Gasteiger partial charge in [0, 0.05) is 31.9 Å². The van der Waals surface area contributed by atoms with Gasteiger partial charge in [-0.2, -0.15) is 0 Å². The summed E-state index contributed by atoms with van der Waals surface area (Å²) in [5.74, 6) is 0.870. The van der Waals surface area contributed by atoms with Crippen LogP contribution in [-0.2, 0) is 22.9 Å². The molecule has 2 aromatic carbocycles. The molecule has 1 fully saturated rings. The van der Waals surface area contributed by atoms with Crippen molar-refractivity contribution in [3.05, 3.63) is 78.0 Å². The van der Waals surface area contributed by atoms with E-state index in [1.54, 1.807) is 18.3 Å². The highest BCUT2D eigenvalue weighted by Gasteiger charge is 2.20. The first-order valence-corrected chi connectivity index (χ1v) is 12.7. The topological polar surface area (TPSA) is 65.5 Å². The molecular weight excluding hydrogens is 420 g/mol. The SMILES string of the molecule is O=S(=O)(Nc1ccc(N2CCN(c3ccccc3)CC2)nc1)c1ccc2c(c1)CCCC2. The lowest BCUT2D eigenvalue weighted by Crippen LogP contribution is -2.46. The fourth-order valence-corrected chi connectivity index (χ4v) is 5.65. The van der Waals surface area contributed by atoms with Crippen molar-refractivity contribution < 1.29 is 8.42 Å². The Morgan fingerprint density at radius 3 is 2.22 bits per heavy atom. The van der Waals surface area contributed by atoms with Gasteiger partial charge in [0.15, 0.2) is 0 Å². The quantitative estimate of drug-likeness (QED) is 0.637. The summed E-state index contributed by atoms with van der Waals surface area (Å²) >= 11 is 0. The van der Waals surface area contributed by atoms with Gasteiger partial charge in [-0.3, -0.25) is 4.72 Å². The van der Waals surface area contributed by atoms with E-state index in [1.165, 1.54) is 17.7 Å². The summed E-state index contributed by atoms with van der Waals surface area (Å²) in [6.07, 6.45) is 5.89. The second-order valence-corrected chi connectivity index (χ2v) is 10.1. The molecule has 0 atom stereocenters. The van der Waals surface area contributed by atoms with Crippen LogP contribution in [0.3, 0.4) is 0 Å². The van der Waals surface area contributed by atoms with Crippen LogP contribution in [-0.4, -0.2) is 39.6 Å². The van der Waals surface area contributed by atoms with E-state index in [4.69, 9.17) is 0 Å². The minimum absolute atomic E-state index is 0.319. The summed E-state index contributed by atoms with van der Waals surface area (Å²) in [6.45, 7) is 3.61. The van der Waals surface area contributed by atoms with Gasteiger partial charge >= 0.3 is 0 Å². The van der Waals surface area contributed by atoms with E-state index in [2.05, 4.69) is 43.8 Å². The van der Waals surface area contributed by atoms with Crippen molar-refractivity contribution in [3.8, 4) is 0 Å². The number of hydrogen-bond acceptors (Lipinski definition) is 5.